The molecular weight excluding hydrogens is 314 g/mol. The second-order valence-electron chi connectivity index (χ2n) is 6.89. The van der Waals surface area contributed by atoms with Gasteiger partial charge in [-0.15, -0.1) is 0 Å². The summed E-state index contributed by atoms with van der Waals surface area (Å²) in [6, 6.07) is 7.79. The molecule has 2 amide bonds. The molecule has 5 nitrogen and oxygen atoms in total. The molecule has 2 aromatic rings. The molecule has 132 valence electrons. The normalized spacial score (nSPS) is 14.7. The highest BCUT2D eigenvalue weighted by Crippen LogP contribution is 2.17. The van der Waals surface area contributed by atoms with E-state index in [0.717, 1.165) is 33.6 Å². The summed E-state index contributed by atoms with van der Waals surface area (Å²) >= 11 is 0. The van der Waals surface area contributed by atoms with E-state index >= 15 is 0 Å². The Balaban J connectivity index is 1.66. The van der Waals surface area contributed by atoms with Gasteiger partial charge in [0.1, 0.15) is 0 Å². The Bertz CT molecular complexity index is 814. The number of hydrogen-bond donors (Lipinski definition) is 1. The van der Waals surface area contributed by atoms with Crippen LogP contribution in [-0.4, -0.2) is 52.8 Å². The molecular formula is C20H25N3O2. The average molecular weight is 339 g/mol. The number of aromatic nitrogens is 1. The summed E-state index contributed by atoms with van der Waals surface area (Å²) in [7, 11) is 0. The van der Waals surface area contributed by atoms with E-state index in [4.69, 9.17) is 0 Å². The molecule has 1 aliphatic rings. The second kappa shape index (κ2) is 6.75. The second-order valence-corrected chi connectivity index (χ2v) is 6.89. The Morgan fingerprint density at radius 3 is 1.88 bits per heavy atom. The van der Waals surface area contributed by atoms with Crippen molar-refractivity contribution in [1.29, 1.82) is 0 Å². The standard InChI is InChI=1S/C20H25N3O2/c1-13-5-6-17(14(2)11-13)19(24)22-7-9-23(10-8-22)20(25)18-12-15(3)21-16(18)4/h5-6,11-12,21H,7-10H2,1-4H3. The summed E-state index contributed by atoms with van der Waals surface area (Å²) < 4.78 is 0. The maximum absolute atomic E-state index is 12.8. The lowest BCUT2D eigenvalue weighted by molar-refractivity contribution is 0.0534. The van der Waals surface area contributed by atoms with Crippen molar-refractivity contribution >= 4 is 11.8 Å². The first-order valence-corrected chi connectivity index (χ1v) is 8.69. The number of H-pyrrole nitrogens is 1. The Kier molecular flexibility index (Phi) is 4.66. The zero-order chi connectivity index (χ0) is 18.1. The Labute approximate surface area is 148 Å². The van der Waals surface area contributed by atoms with E-state index in [9.17, 15) is 9.59 Å². The van der Waals surface area contributed by atoms with E-state index < -0.39 is 0 Å². The van der Waals surface area contributed by atoms with E-state index in [1.807, 2.05) is 61.8 Å². The van der Waals surface area contributed by atoms with E-state index in [1.54, 1.807) is 0 Å². The molecule has 2 heterocycles. The predicted octanol–water partition coefficient (Wildman–Crippen LogP) is 2.85. The number of carbonyl (C=O) groups is 2. The molecule has 1 fully saturated rings. The third-order valence-corrected chi connectivity index (χ3v) is 4.85. The van der Waals surface area contributed by atoms with Gasteiger partial charge in [0.2, 0.25) is 0 Å². The van der Waals surface area contributed by atoms with Crippen molar-refractivity contribution in [3.05, 3.63) is 57.9 Å². The largest absolute Gasteiger partial charge is 0.362 e. The number of aromatic amines is 1. The van der Waals surface area contributed by atoms with E-state index in [2.05, 4.69) is 4.98 Å². The minimum absolute atomic E-state index is 0.0421. The van der Waals surface area contributed by atoms with Crippen molar-refractivity contribution in [2.24, 2.45) is 0 Å². The van der Waals surface area contributed by atoms with Crippen LogP contribution in [0.15, 0.2) is 24.3 Å². The first kappa shape index (κ1) is 17.3. The van der Waals surface area contributed by atoms with E-state index in [-0.39, 0.29) is 11.8 Å². The predicted molar refractivity (Wildman–Crippen MR) is 98.0 cm³/mol. The van der Waals surface area contributed by atoms with Crippen LogP contribution >= 0.6 is 0 Å². The summed E-state index contributed by atoms with van der Waals surface area (Å²) in [6.07, 6.45) is 0. The molecule has 0 saturated carbocycles. The van der Waals surface area contributed by atoms with Gasteiger partial charge in [0, 0.05) is 43.1 Å². The van der Waals surface area contributed by atoms with Crippen LogP contribution in [0.5, 0.6) is 0 Å². The first-order valence-electron chi connectivity index (χ1n) is 8.69. The Hall–Kier alpha value is -2.56. The van der Waals surface area contributed by atoms with Crippen LogP contribution in [0.25, 0.3) is 0 Å². The van der Waals surface area contributed by atoms with Crippen molar-refractivity contribution in [3.63, 3.8) is 0 Å². The van der Waals surface area contributed by atoms with E-state index in [0.29, 0.717) is 26.2 Å². The smallest absolute Gasteiger partial charge is 0.255 e. The highest BCUT2D eigenvalue weighted by molar-refractivity contribution is 5.97. The maximum Gasteiger partial charge on any atom is 0.255 e. The van der Waals surface area contributed by atoms with Crippen molar-refractivity contribution in [2.75, 3.05) is 26.2 Å². The lowest BCUT2D eigenvalue weighted by Gasteiger charge is -2.35. The molecule has 1 saturated heterocycles. The van der Waals surface area contributed by atoms with Gasteiger partial charge in [-0.1, -0.05) is 17.7 Å². The van der Waals surface area contributed by atoms with Crippen LogP contribution in [0.3, 0.4) is 0 Å². The molecule has 1 N–H and O–H groups in total. The molecule has 5 heteroatoms. The van der Waals surface area contributed by atoms with Gasteiger partial charge in [-0.25, -0.2) is 0 Å². The zero-order valence-corrected chi connectivity index (χ0v) is 15.3. The topological polar surface area (TPSA) is 56.4 Å². The number of aryl methyl sites for hydroxylation is 4. The Morgan fingerprint density at radius 1 is 0.840 bits per heavy atom. The van der Waals surface area contributed by atoms with Crippen LogP contribution in [-0.2, 0) is 0 Å². The molecule has 1 aromatic heterocycles. The maximum atomic E-state index is 12.8. The molecule has 25 heavy (non-hydrogen) atoms. The van der Waals surface area contributed by atoms with E-state index in [1.165, 1.54) is 0 Å². The number of hydrogen-bond acceptors (Lipinski definition) is 2. The number of carbonyl (C=O) groups excluding carboxylic acids is 2. The summed E-state index contributed by atoms with van der Waals surface area (Å²) in [5.74, 6) is 0.0960. The molecule has 0 radical (unpaired) electrons. The van der Waals surface area contributed by atoms with Crippen LogP contribution in [0.1, 0.15) is 43.2 Å². The third kappa shape index (κ3) is 3.45. The van der Waals surface area contributed by atoms with Gasteiger partial charge in [0.15, 0.2) is 0 Å². The third-order valence-electron chi connectivity index (χ3n) is 4.85. The van der Waals surface area contributed by atoms with Gasteiger partial charge >= 0.3 is 0 Å². The van der Waals surface area contributed by atoms with Crippen LogP contribution < -0.4 is 0 Å². The van der Waals surface area contributed by atoms with Crippen molar-refractivity contribution < 1.29 is 9.59 Å². The minimum Gasteiger partial charge on any atom is -0.362 e. The monoisotopic (exact) mass is 339 g/mol. The lowest BCUT2D eigenvalue weighted by Crippen LogP contribution is -2.50. The van der Waals surface area contributed by atoms with Gasteiger partial charge in [-0.2, -0.15) is 0 Å². The fraction of sp³-hybridized carbons (Fsp3) is 0.400. The molecule has 1 aromatic carbocycles. The fourth-order valence-corrected chi connectivity index (χ4v) is 3.45. The Morgan fingerprint density at radius 2 is 1.40 bits per heavy atom. The number of amides is 2. The van der Waals surface area contributed by atoms with Crippen LogP contribution in [0.2, 0.25) is 0 Å². The minimum atomic E-state index is 0.0421. The van der Waals surface area contributed by atoms with Gasteiger partial charge in [0.25, 0.3) is 11.8 Å². The highest BCUT2D eigenvalue weighted by atomic mass is 16.2. The number of nitrogens with one attached hydrogen (secondary N) is 1. The summed E-state index contributed by atoms with van der Waals surface area (Å²) in [6.45, 7) is 10.1. The van der Waals surface area contributed by atoms with Crippen molar-refractivity contribution in [3.8, 4) is 0 Å². The summed E-state index contributed by atoms with van der Waals surface area (Å²) in [4.78, 5) is 32.3. The molecule has 0 atom stereocenters. The molecule has 0 spiro atoms. The lowest BCUT2D eigenvalue weighted by atomic mass is 10.0. The van der Waals surface area contributed by atoms with Crippen molar-refractivity contribution in [2.45, 2.75) is 27.7 Å². The fourth-order valence-electron chi connectivity index (χ4n) is 3.45. The van der Waals surface area contributed by atoms with Gasteiger partial charge in [0.05, 0.1) is 5.56 Å². The molecule has 0 aliphatic carbocycles. The zero-order valence-electron chi connectivity index (χ0n) is 15.3. The quantitative estimate of drug-likeness (QED) is 0.915. The summed E-state index contributed by atoms with van der Waals surface area (Å²) in [5, 5.41) is 0. The van der Waals surface area contributed by atoms with Gasteiger partial charge in [-0.3, -0.25) is 9.59 Å². The van der Waals surface area contributed by atoms with Crippen LogP contribution in [0, 0.1) is 27.7 Å². The molecule has 3 rings (SSSR count). The molecule has 1 aliphatic heterocycles. The number of nitrogens with zero attached hydrogens (tertiary/aromatic N) is 2. The number of benzene rings is 1. The average Bonchev–Trinajstić information content (AvgIpc) is 2.92. The molecule has 0 bridgehead atoms. The van der Waals surface area contributed by atoms with Crippen LogP contribution in [0.4, 0.5) is 0 Å². The molecule has 0 unspecified atom stereocenters. The van der Waals surface area contributed by atoms with Gasteiger partial charge in [-0.05, 0) is 45.4 Å². The van der Waals surface area contributed by atoms with Gasteiger partial charge < -0.3 is 14.8 Å². The number of piperazine rings is 1. The highest BCUT2D eigenvalue weighted by Gasteiger charge is 2.27. The SMILES string of the molecule is Cc1ccc(C(=O)N2CCN(C(=O)c3cc(C)[nH]c3C)CC2)c(C)c1. The van der Waals surface area contributed by atoms with Crippen molar-refractivity contribution in [1.82, 2.24) is 14.8 Å². The first-order chi connectivity index (χ1) is 11.9. The number of rotatable bonds is 2. The summed E-state index contributed by atoms with van der Waals surface area (Å²) in [5.41, 5.74) is 5.53.